The number of benzene rings is 3. The molecule has 1 atom stereocenters. The quantitative estimate of drug-likeness (QED) is 0.221. The Labute approximate surface area is 254 Å². The van der Waals surface area contributed by atoms with Gasteiger partial charge in [0.2, 0.25) is 11.8 Å². The second kappa shape index (κ2) is 14.3. The van der Waals surface area contributed by atoms with Crippen molar-refractivity contribution in [3.63, 3.8) is 0 Å². The zero-order valence-corrected chi connectivity index (χ0v) is 26.4. The number of hydrogen-bond donors (Lipinski definition) is 1. The van der Waals surface area contributed by atoms with E-state index in [0.717, 1.165) is 32.7 Å². The van der Waals surface area contributed by atoms with Crippen LogP contribution in [0.5, 0.6) is 0 Å². The molecule has 0 saturated carbocycles. The number of halogens is 3. The Hall–Kier alpha value is -2.59. The maximum atomic E-state index is 13.9. The minimum atomic E-state index is -4.19. The van der Waals surface area contributed by atoms with E-state index < -0.39 is 28.5 Å². The van der Waals surface area contributed by atoms with Crippen LogP contribution in [-0.2, 0) is 26.2 Å². The first-order valence-corrected chi connectivity index (χ1v) is 15.8. The van der Waals surface area contributed by atoms with Gasteiger partial charge in [-0.1, -0.05) is 82.3 Å². The Kier molecular flexibility index (Phi) is 11.5. The number of carbonyl (C=O) groups excluding carboxylic acids is 2. The van der Waals surface area contributed by atoms with E-state index >= 15 is 0 Å². The number of hydrogen-bond acceptors (Lipinski definition) is 4. The largest absolute Gasteiger partial charge is 0.354 e. The highest BCUT2D eigenvalue weighted by atomic mass is 79.9. The molecule has 3 rings (SSSR count). The second-order valence-electron chi connectivity index (χ2n) is 9.39. The molecule has 3 aromatic carbocycles. The van der Waals surface area contributed by atoms with Crippen molar-refractivity contribution >= 4 is 66.7 Å². The lowest BCUT2D eigenvalue weighted by Crippen LogP contribution is -2.51. The number of sulfonamides is 1. The number of rotatable bonds is 12. The molecule has 0 unspecified atom stereocenters. The number of anilines is 1. The number of nitrogens with one attached hydrogen (secondary N) is 1. The highest BCUT2D eigenvalue weighted by Gasteiger charge is 2.32. The van der Waals surface area contributed by atoms with Gasteiger partial charge in [0.25, 0.3) is 10.0 Å². The van der Waals surface area contributed by atoms with Gasteiger partial charge in [0.1, 0.15) is 12.6 Å². The molecule has 0 aliphatic carbocycles. The molecule has 0 fully saturated rings. The van der Waals surface area contributed by atoms with Gasteiger partial charge < -0.3 is 10.2 Å². The summed E-state index contributed by atoms with van der Waals surface area (Å²) in [4.78, 5) is 28.4. The molecule has 40 heavy (non-hydrogen) atoms. The topological polar surface area (TPSA) is 86.8 Å². The molecule has 0 spiro atoms. The van der Waals surface area contributed by atoms with Crippen molar-refractivity contribution in [3.8, 4) is 0 Å². The average molecular weight is 669 g/mol. The van der Waals surface area contributed by atoms with Crippen molar-refractivity contribution in [2.45, 2.75) is 51.1 Å². The molecule has 0 aliphatic heterocycles. The van der Waals surface area contributed by atoms with Gasteiger partial charge >= 0.3 is 0 Å². The van der Waals surface area contributed by atoms with Crippen molar-refractivity contribution in [1.82, 2.24) is 10.2 Å². The van der Waals surface area contributed by atoms with Crippen LogP contribution in [0.1, 0.15) is 37.8 Å². The molecule has 0 aromatic heterocycles. The third-order valence-electron chi connectivity index (χ3n) is 6.34. The lowest BCUT2D eigenvalue weighted by molar-refractivity contribution is -0.139. The van der Waals surface area contributed by atoms with E-state index in [9.17, 15) is 18.0 Å². The van der Waals surface area contributed by atoms with Gasteiger partial charge in [0.05, 0.1) is 20.6 Å². The first kappa shape index (κ1) is 31.9. The van der Waals surface area contributed by atoms with Crippen LogP contribution in [0.4, 0.5) is 5.69 Å². The third kappa shape index (κ3) is 8.22. The van der Waals surface area contributed by atoms with E-state index in [4.69, 9.17) is 23.2 Å². The number of aryl methyl sites for hydroxylation is 1. The summed E-state index contributed by atoms with van der Waals surface area (Å²) >= 11 is 15.7. The van der Waals surface area contributed by atoms with Crippen LogP contribution in [0.2, 0.25) is 10.0 Å². The van der Waals surface area contributed by atoms with Gasteiger partial charge in [0.15, 0.2) is 0 Å². The lowest BCUT2D eigenvalue weighted by Gasteiger charge is -2.32. The average Bonchev–Trinajstić information content (AvgIpc) is 2.92. The molecule has 0 radical (unpaired) electrons. The Morgan fingerprint density at radius 2 is 1.62 bits per heavy atom. The monoisotopic (exact) mass is 667 g/mol. The van der Waals surface area contributed by atoms with E-state index in [1.165, 1.54) is 35.2 Å². The van der Waals surface area contributed by atoms with Crippen molar-refractivity contribution in [3.05, 3.63) is 92.4 Å². The van der Waals surface area contributed by atoms with Crippen LogP contribution >= 0.6 is 39.1 Å². The molecule has 0 aliphatic rings. The fraction of sp³-hybridized carbons (Fsp3) is 0.310. The first-order valence-electron chi connectivity index (χ1n) is 12.8. The standard InChI is InChI=1S/C29H32BrCl2N3O4S/c1-4-5-16-33-29(37)21(3)34(18-22-8-10-23(30)11-9-22)28(36)19-35(24-12-15-26(31)27(32)17-24)40(38,39)25-13-6-20(2)7-14-25/h6-15,17,21H,4-5,16,18-19H2,1-3H3,(H,33,37)/t21-/m1/s1. The second-order valence-corrected chi connectivity index (χ2v) is 13.0. The minimum absolute atomic E-state index is 0.0155. The zero-order chi connectivity index (χ0) is 29.4. The van der Waals surface area contributed by atoms with Crippen LogP contribution in [0.3, 0.4) is 0 Å². The maximum Gasteiger partial charge on any atom is 0.264 e. The highest BCUT2D eigenvalue weighted by molar-refractivity contribution is 9.10. The predicted molar refractivity (Wildman–Crippen MR) is 164 cm³/mol. The lowest BCUT2D eigenvalue weighted by atomic mass is 10.1. The summed E-state index contributed by atoms with van der Waals surface area (Å²) in [5, 5.41) is 3.26. The SMILES string of the molecule is CCCCNC(=O)[C@@H](C)N(Cc1ccc(Br)cc1)C(=O)CN(c1ccc(Cl)c(Cl)c1)S(=O)(=O)c1ccc(C)cc1. The number of nitrogens with zero attached hydrogens (tertiary/aromatic N) is 2. The van der Waals surface area contributed by atoms with Gasteiger partial charge in [-0.15, -0.1) is 0 Å². The first-order chi connectivity index (χ1) is 18.9. The smallest absolute Gasteiger partial charge is 0.264 e. The van der Waals surface area contributed by atoms with E-state index in [2.05, 4.69) is 21.2 Å². The van der Waals surface area contributed by atoms with Gasteiger partial charge in [-0.2, -0.15) is 0 Å². The molecule has 2 amide bonds. The molecule has 214 valence electrons. The highest BCUT2D eigenvalue weighted by Crippen LogP contribution is 2.31. The summed E-state index contributed by atoms with van der Waals surface area (Å²) in [5.74, 6) is -0.871. The summed E-state index contributed by atoms with van der Waals surface area (Å²) in [6.07, 6.45) is 1.71. The van der Waals surface area contributed by atoms with Crippen LogP contribution in [0, 0.1) is 6.92 Å². The number of unbranched alkanes of at least 4 members (excludes halogenated alkanes) is 1. The van der Waals surface area contributed by atoms with Gasteiger partial charge in [0, 0.05) is 17.6 Å². The molecule has 3 aromatic rings. The Morgan fingerprint density at radius 3 is 2.23 bits per heavy atom. The van der Waals surface area contributed by atoms with E-state index in [1.807, 2.05) is 38.1 Å². The van der Waals surface area contributed by atoms with Crippen LogP contribution in [-0.4, -0.2) is 44.3 Å². The summed E-state index contributed by atoms with van der Waals surface area (Å²) in [6.45, 7) is 5.54. The summed E-state index contributed by atoms with van der Waals surface area (Å²) in [7, 11) is -4.19. The fourth-order valence-corrected chi connectivity index (χ4v) is 5.87. The Balaban J connectivity index is 2.02. The van der Waals surface area contributed by atoms with Gasteiger partial charge in [-0.25, -0.2) is 8.42 Å². The summed E-state index contributed by atoms with van der Waals surface area (Å²) in [6, 6.07) is 17.2. The Bertz CT molecular complexity index is 1430. The normalized spacial score (nSPS) is 12.1. The summed E-state index contributed by atoms with van der Waals surface area (Å²) < 4.78 is 29.6. The van der Waals surface area contributed by atoms with Crippen molar-refractivity contribution in [2.75, 3.05) is 17.4 Å². The fourth-order valence-electron chi connectivity index (χ4n) is 3.91. The molecule has 1 N–H and O–H groups in total. The van der Waals surface area contributed by atoms with Gasteiger partial charge in [-0.05, 0) is 68.3 Å². The van der Waals surface area contributed by atoms with E-state index in [1.54, 1.807) is 19.1 Å². The maximum absolute atomic E-state index is 13.9. The number of amides is 2. The molecule has 0 saturated heterocycles. The number of carbonyl (C=O) groups is 2. The molecule has 0 bridgehead atoms. The third-order valence-corrected chi connectivity index (χ3v) is 9.40. The summed E-state index contributed by atoms with van der Waals surface area (Å²) in [5.41, 5.74) is 1.85. The van der Waals surface area contributed by atoms with Crippen molar-refractivity contribution in [1.29, 1.82) is 0 Å². The minimum Gasteiger partial charge on any atom is -0.354 e. The Morgan fingerprint density at radius 1 is 0.975 bits per heavy atom. The molecular formula is C29H32BrCl2N3O4S. The van der Waals surface area contributed by atoms with Gasteiger partial charge in [-0.3, -0.25) is 13.9 Å². The van der Waals surface area contributed by atoms with E-state index in [-0.39, 0.29) is 33.1 Å². The molecule has 7 nitrogen and oxygen atoms in total. The molecule has 0 heterocycles. The van der Waals surface area contributed by atoms with Crippen molar-refractivity contribution < 1.29 is 18.0 Å². The zero-order valence-electron chi connectivity index (χ0n) is 22.5. The van der Waals surface area contributed by atoms with Crippen LogP contribution in [0.25, 0.3) is 0 Å². The van der Waals surface area contributed by atoms with Crippen LogP contribution in [0.15, 0.2) is 76.1 Å². The van der Waals surface area contributed by atoms with Crippen molar-refractivity contribution in [2.24, 2.45) is 0 Å². The molecular weight excluding hydrogens is 637 g/mol. The van der Waals surface area contributed by atoms with Crippen LogP contribution < -0.4 is 9.62 Å². The van der Waals surface area contributed by atoms with E-state index in [0.29, 0.717) is 6.54 Å². The molecule has 11 heteroatoms. The predicted octanol–water partition coefficient (Wildman–Crippen LogP) is 6.59.